The first-order valence-electron chi connectivity index (χ1n) is 6.47. The van der Waals surface area contributed by atoms with Crippen LogP contribution in [0.2, 0.25) is 0 Å². The van der Waals surface area contributed by atoms with E-state index in [0.717, 1.165) is 11.1 Å². The summed E-state index contributed by atoms with van der Waals surface area (Å²) in [6, 6.07) is 9.88. The molecule has 0 bridgehead atoms. The molecule has 1 aromatic rings. The highest BCUT2D eigenvalue weighted by molar-refractivity contribution is 5.27. The Labute approximate surface area is 113 Å². The fraction of sp³-hybridized carbons (Fsp3) is 0.533. The molecule has 1 atom stereocenters. The summed E-state index contributed by atoms with van der Waals surface area (Å²) < 4.78 is 10.3. The number of hydrogen-bond donors (Lipinski definition) is 1. The van der Waals surface area contributed by atoms with Crippen LogP contribution in [0, 0.1) is 16.7 Å². The smallest absolute Gasteiger partial charge is 0.0978 e. The van der Waals surface area contributed by atoms with Gasteiger partial charge in [-0.05, 0) is 24.0 Å². The van der Waals surface area contributed by atoms with Gasteiger partial charge in [-0.15, -0.1) is 0 Å². The summed E-state index contributed by atoms with van der Waals surface area (Å²) in [6.45, 7) is 1.62. The Morgan fingerprint density at radius 3 is 2.53 bits per heavy atom. The van der Waals surface area contributed by atoms with E-state index in [4.69, 9.17) is 9.47 Å². The second-order valence-electron chi connectivity index (χ2n) is 4.96. The van der Waals surface area contributed by atoms with E-state index < -0.39 is 11.5 Å². The Kier molecular flexibility index (Phi) is 4.54. The quantitative estimate of drug-likeness (QED) is 0.902. The largest absolute Gasteiger partial charge is 0.387 e. The number of benzene rings is 1. The Morgan fingerprint density at radius 1 is 1.37 bits per heavy atom. The van der Waals surface area contributed by atoms with E-state index in [1.165, 1.54) is 0 Å². The van der Waals surface area contributed by atoms with E-state index in [9.17, 15) is 10.4 Å². The van der Waals surface area contributed by atoms with Crippen molar-refractivity contribution in [3.05, 3.63) is 35.4 Å². The molecule has 1 aliphatic rings. The van der Waals surface area contributed by atoms with E-state index in [2.05, 4.69) is 6.07 Å². The Hall–Kier alpha value is -1.41. The normalized spacial score (nSPS) is 19.6. The second kappa shape index (κ2) is 6.16. The van der Waals surface area contributed by atoms with Crippen LogP contribution in [0.25, 0.3) is 0 Å². The van der Waals surface area contributed by atoms with E-state index in [0.29, 0.717) is 32.7 Å². The van der Waals surface area contributed by atoms with Crippen LogP contribution in [0.3, 0.4) is 0 Å². The Bertz CT molecular complexity index is 443. The van der Waals surface area contributed by atoms with Gasteiger partial charge in [0.05, 0.1) is 24.2 Å². The highest BCUT2D eigenvalue weighted by Crippen LogP contribution is 2.41. The van der Waals surface area contributed by atoms with E-state index in [1.54, 1.807) is 7.11 Å². The lowest BCUT2D eigenvalue weighted by molar-refractivity contribution is -0.0310. The van der Waals surface area contributed by atoms with Gasteiger partial charge in [-0.1, -0.05) is 24.3 Å². The number of nitriles is 1. The highest BCUT2D eigenvalue weighted by Gasteiger charge is 2.40. The molecule has 1 aromatic carbocycles. The van der Waals surface area contributed by atoms with Crippen molar-refractivity contribution in [2.45, 2.75) is 25.6 Å². The van der Waals surface area contributed by atoms with Crippen molar-refractivity contribution >= 4 is 0 Å². The molecule has 4 heteroatoms. The second-order valence-corrected chi connectivity index (χ2v) is 4.96. The van der Waals surface area contributed by atoms with Gasteiger partial charge in [0, 0.05) is 20.3 Å². The summed E-state index contributed by atoms with van der Waals surface area (Å²) in [7, 11) is 1.65. The molecule has 19 heavy (non-hydrogen) atoms. The average Bonchev–Trinajstić information content (AvgIpc) is 2.48. The van der Waals surface area contributed by atoms with Crippen molar-refractivity contribution in [2.24, 2.45) is 5.41 Å². The summed E-state index contributed by atoms with van der Waals surface area (Å²) in [6.07, 6.45) is 0.382. The maximum Gasteiger partial charge on any atom is 0.0978 e. The zero-order valence-corrected chi connectivity index (χ0v) is 11.1. The lowest BCUT2D eigenvalue weighted by Crippen LogP contribution is -2.34. The Balaban J connectivity index is 2.17. The van der Waals surface area contributed by atoms with Crippen molar-refractivity contribution in [1.82, 2.24) is 0 Å². The number of ether oxygens (including phenoxy) is 2. The Morgan fingerprint density at radius 2 is 2.00 bits per heavy atom. The minimum atomic E-state index is -0.766. The van der Waals surface area contributed by atoms with Gasteiger partial charge in [-0.2, -0.15) is 5.26 Å². The molecule has 1 unspecified atom stereocenters. The minimum Gasteiger partial charge on any atom is -0.387 e. The number of rotatable bonds is 4. The van der Waals surface area contributed by atoms with Crippen LogP contribution in [0.15, 0.2) is 24.3 Å². The van der Waals surface area contributed by atoms with Crippen molar-refractivity contribution < 1.29 is 14.6 Å². The monoisotopic (exact) mass is 261 g/mol. The summed E-state index contributed by atoms with van der Waals surface area (Å²) >= 11 is 0. The third kappa shape index (κ3) is 2.95. The first-order chi connectivity index (χ1) is 9.22. The number of aliphatic hydroxyl groups excluding tert-OH is 1. The molecule has 1 N–H and O–H groups in total. The van der Waals surface area contributed by atoms with Crippen molar-refractivity contribution in [1.29, 1.82) is 5.26 Å². The van der Waals surface area contributed by atoms with E-state index in [1.807, 2.05) is 24.3 Å². The molecular weight excluding hydrogens is 242 g/mol. The lowest BCUT2D eigenvalue weighted by Gasteiger charge is -2.35. The van der Waals surface area contributed by atoms with Gasteiger partial charge in [-0.25, -0.2) is 0 Å². The molecule has 2 rings (SSSR count). The summed E-state index contributed by atoms with van der Waals surface area (Å²) in [5, 5.41) is 19.9. The first-order valence-corrected chi connectivity index (χ1v) is 6.47. The number of methoxy groups -OCH3 is 1. The van der Waals surface area contributed by atoms with Gasteiger partial charge < -0.3 is 14.6 Å². The van der Waals surface area contributed by atoms with Gasteiger partial charge in [0.2, 0.25) is 0 Å². The standard InChI is InChI=1S/C15H19NO3/c1-18-10-12-2-4-13(5-3-12)14(17)15(11-16)6-8-19-9-7-15/h2-5,14,17H,6-10H2,1H3. The van der Waals surface area contributed by atoms with Gasteiger partial charge in [0.1, 0.15) is 0 Å². The van der Waals surface area contributed by atoms with Gasteiger partial charge in [0.15, 0.2) is 0 Å². The van der Waals surface area contributed by atoms with Crippen LogP contribution in [0.4, 0.5) is 0 Å². The van der Waals surface area contributed by atoms with Crippen molar-refractivity contribution in [3.8, 4) is 6.07 Å². The van der Waals surface area contributed by atoms with Crippen LogP contribution >= 0.6 is 0 Å². The fourth-order valence-electron chi connectivity index (χ4n) is 2.46. The fourth-order valence-corrected chi connectivity index (χ4v) is 2.46. The maximum absolute atomic E-state index is 10.5. The number of hydrogen-bond acceptors (Lipinski definition) is 4. The summed E-state index contributed by atoms with van der Waals surface area (Å²) in [4.78, 5) is 0. The zero-order chi connectivity index (χ0) is 13.7. The molecule has 0 radical (unpaired) electrons. The molecule has 0 amide bonds. The van der Waals surface area contributed by atoms with Gasteiger partial charge in [-0.3, -0.25) is 0 Å². The summed E-state index contributed by atoms with van der Waals surface area (Å²) in [5.41, 5.74) is 1.11. The van der Waals surface area contributed by atoms with Crippen molar-refractivity contribution in [2.75, 3.05) is 20.3 Å². The molecular formula is C15H19NO3. The lowest BCUT2D eigenvalue weighted by atomic mass is 9.74. The molecule has 0 aromatic heterocycles. The predicted molar refractivity (Wildman–Crippen MR) is 70.2 cm³/mol. The number of aliphatic hydroxyl groups is 1. The molecule has 0 saturated carbocycles. The third-order valence-corrected chi connectivity index (χ3v) is 3.74. The highest BCUT2D eigenvalue weighted by atomic mass is 16.5. The molecule has 102 valence electrons. The van der Waals surface area contributed by atoms with Crippen LogP contribution < -0.4 is 0 Å². The zero-order valence-electron chi connectivity index (χ0n) is 11.1. The van der Waals surface area contributed by atoms with Crippen LogP contribution in [-0.4, -0.2) is 25.4 Å². The molecule has 1 saturated heterocycles. The van der Waals surface area contributed by atoms with Crippen LogP contribution in [-0.2, 0) is 16.1 Å². The van der Waals surface area contributed by atoms with Crippen LogP contribution in [0.1, 0.15) is 30.1 Å². The van der Waals surface area contributed by atoms with Gasteiger partial charge >= 0.3 is 0 Å². The number of nitrogens with zero attached hydrogens (tertiary/aromatic N) is 1. The molecule has 0 aliphatic carbocycles. The summed E-state index contributed by atoms with van der Waals surface area (Å²) in [5.74, 6) is 0. The van der Waals surface area contributed by atoms with E-state index in [-0.39, 0.29) is 0 Å². The predicted octanol–water partition coefficient (Wildman–Crippen LogP) is 2.19. The maximum atomic E-state index is 10.5. The van der Waals surface area contributed by atoms with Crippen LogP contribution in [0.5, 0.6) is 0 Å². The van der Waals surface area contributed by atoms with E-state index >= 15 is 0 Å². The molecule has 1 fully saturated rings. The molecule has 1 heterocycles. The molecule has 4 nitrogen and oxygen atoms in total. The molecule has 0 spiro atoms. The SMILES string of the molecule is COCc1ccc(C(O)C2(C#N)CCOCC2)cc1. The minimum absolute atomic E-state index is 0.534. The third-order valence-electron chi connectivity index (χ3n) is 3.74. The average molecular weight is 261 g/mol. The topological polar surface area (TPSA) is 62.5 Å². The molecule has 1 aliphatic heterocycles. The van der Waals surface area contributed by atoms with Gasteiger partial charge in [0.25, 0.3) is 0 Å². The first kappa shape index (κ1) is 14.0. The van der Waals surface area contributed by atoms with Crippen molar-refractivity contribution in [3.63, 3.8) is 0 Å².